The minimum atomic E-state index is -3.11. The maximum absolute atomic E-state index is 12.7. The Morgan fingerprint density at radius 2 is 1.96 bits per heavy atom. The molecule has 150 valence electrons. The first-order valence-electron chi connectivity index (χ1n) is 10.3. The average Bonchev–Trinajstić information content (AvgIpc) is 3.38. The van der Waals surface area contributed by atoms with Crippen molar-refractivity contribution < 1.29 is 13.2 Å². The van der Waals surface area contributed by atoms with E-state index in [-0.39, 0.29) is 10.9 Å². The number of sulfonamides is 1. The molecule has 27 heavy (non-hydrogen) atoms. The van der Waals surface area contributed by atoms with Gasteiger partial charge in [0, 0.05) is 57.6 Å². The summed E-state index contributed by atoms with van der Waals surface area (Å²) < 4.78 is 35.6. The van der Waals surface area contributed by atoms with Gasteiger partial charge in [0.05, 0.1) is 17.5 Å². The first kappa shape index (κ1) is 18.1. The molecule has 0 N–H and O–H groups in total. The third-order valence-corrected chi connectivity index (χ3v) is 9.37. The number of morpholine rings is 1. The fourth-order valence-corrected chi connectivity index (χ4v) is 7.38. The second-order valence-corrected chi connectivity index (χ2v) is 11.1. The van der Waals surface area contributed by atoms with Crippen LogP contribution in [0.15, 0.2) is 12.4 Å². The smallest absolute Gasteiger partial charge is 0.217 e. The van der Waals surface area contributed by atoms with Crippen molar-refractivity contribution >= 4 is 10.0 Å². The number of imidazole rings is 1. The van der Waals surface area contributed by atoms with Gasteiger partial charge in [0.2, 0.25) is 10.0 Å². The molecule has 1 aliphatic carbocycles. The topological polar surface area (TPSA) is 67.7 Å². The highest BCUT2D eigenvalue weighted by Gasteiger charge is 2.53. The average molecular weight is 395 g/mol. The molecule has 1 spiro atoms. The molecule has 4 aliphatic rings. The van der Waals surface area contributed by atoms with Crippen LogP contribution in [-0.4, -0.2) is 76.3 Å². The second kappa shape index (κ2) is 6.54. The Labute approximate surface area is 161 Å². The molecule has 7 nitrogen and oxygen atoms in total. The van der Waals surface area contributed by atoms with Gasteiger partial charge >= 0.3 is 0 Å². The van der Waals surface area contributed by atoms with Crippen LogP contribution < -0.4 is 0 Å². The van der Waals surface area contributed by atoms with E-state index in [1.54, 1.807) is 4.31 Å². The normalized spacial score (nSPS) is 35.1. The van der Waals surface area contributed by atoms with Gasteiger partial charge in [-0.2, -0.15) is 4.31 Å². The molecular formula is C19H30N4O3S. The molecule has 1 saturated carbocycles. The minimum absolute atomic E-state index is 0.123. The van der Waals surface area contributed by atoms with Crippen LogP contribution in [-0.2, 0) is 28.2 Å². The molecule has 3 aliphatic heterocycles. The Balaban J connectivity index is 1.27. The predicted molar refractivity (Wildman–Crippen MR) is 102 cm³/mol. The van der Waals surface area contributed by atoms with E-state index < -0.39 is 10.0 Å². The van der Waals surface area contributed by atoms with Gasteiger partial charge in [0.1, 0.15) is 5.82 Å². The molecule has 4 fully saturated rings. The summed E-state index contributed by atoms with van der Waals surface area (Å²) in [5.41, 5.74) is -0.272. The van der Waals surface area contributed by atoms with Crippen LogP contribution in [0.3, 0.4) is 0 Å². The predicted octanol–water partition coefficient (Wildman–Crippen LogP) is 1.15. The number of aromatic nitrogens is 2. The van der Waals surface area contributed by atoms with E-state index in [9.17, 15) is 8.42 Å². The monoisotopic (exact) mass is 394 g/mol. The maximum atomic E-state index is 12.7. The van der Waals surface area contributed by atoms with Crippen LogP contribution in [0.4, 0.5) is 0 Å². The highest BCUT2D eigenvalue weighted by Crippen LogP contribution is 2.45. The van der Waals surface area contributed by atoms with Gasteiger partial charge in [0.25, 0.3) is 0 Å². The standard InChI is InChI=1S/C19H30N4O3S/c1-21-9-7-20-18(21)6-8-23-15-2-3-16(23)13-19(12-15)14-22(10-11-26-19)27(24,25)17-4-5-17/h7,9,15-17H,2-6,8,10-14H2,1H3/t15-,16+,19?. The molecule has 1 unspecified atom stereocenters. The molecule has 0 aromatic carbocycles. The largest absolute Gasteiger partial charge is 0.372 e. The highest BCUT2D eigenvalue weighted by molar-refractivity contribution is 7.90. The van der Waals surface area contributed by atoms with E-state index in [4.69, 9.17) is 4.74 Å². The van der Waals surface area contributed by atoms with Crippen molar-refractivity contribution in [3.8, 4) is 0 Å². The fraction of sp³-hybridized carbons (Fsp3) is 0.842. The van der Waals surface area contributed by atoms with Crippen LogP contribution in [0, 0.1) is 0 Å². The van der Waals surface area contributed by atoms with Crippen molar-refractivity contribution in [2.24, 2.45) is 7.05 Å². The van der Waals surface area contributed by atoms with Gasteiger partial charge in [-0.1, -0.05) is 0 Å². The van der Waals surface area contributed by atoms with E-state index in [2.05, 4.69) is 14.5 Å². The summed E-state index contributed by atoms with van der Waals surface area (Å²) in [5, 5.41) is -0.123. The van der Waals surface area contributed by atoms with Gasteiger partial charge in [-0.25, -0.2) is 13.4 Å². The quantitative estimate of drug-likeness (QED) is 0.750. The minimum Gasteiger partial charge on any atom is -0.372 e. The van der Waals surface area contributed by atoms with Crippen molar-refractivity contribution in [1.29, 1.82) is 0 Å². The van der Waals surface area contributed by atoms with Gasteiger partial charge in [0.15, 0.2) is 0 Å². The SMILES string of the molecule is Cn1ccnc1CCN1[C@@H]2CC[C@H]1CC1(C2)CN(S(=O)(=O)C2CC2)CCO1. The molecule has 0 amide bonds. The molecule has 4 heterocycles. The van der Waals surface area contributed by atoms with E-state index in [1.807, 2.05) is 19.4 Å². The lowest BCUT2D eigenvalue weighted by atomic mass is 9.85. The number of nitrogens with zero attached hydrogens (tertiary/aromatic N) is 4. The van der Waals surface area contributed by atoms with Gasteiger partial charge in [-0.3, -0.25) is 4.90 Å². The number of hydrogen-bond donors (Lipinski definition) is 0. The Morgan fingerprint density at radius 1 is 1.22 bits per heavy atom. The molecule has 1 aromatic heterocycles. The van der Waals surface area contributed by atoms with Crippen molar-refractivity contribution in [3.05, 3.63) is 18.2 Å². The van der Waals surface area contributed by atoms with Crippen molar-refractivity contribution in [2.75, 3.05) is 26.2 Å². The lowest BCUT2D eigenvalue weighted by Crippen LogP contribution is -2.61. The molecule has 8 heteroatoms. The Morgan fingerprint density at radius 3 is 2.59 bits per heavy atom. The molecule has 0 radical (unpaired) electrons. The zero-order chi connectivity index (χ0) is 18.6. The summed E-state index contributed by atoms with van der Waals surface area (Å²) in [7, 11) is -1.06. The summed E-state index contributed by atoms with van der Waals surface area (Å²) in [6, 6.07) is 1.01. The second-order valence-electron chi connectivity index (χ2n) is 8.84. The van der Waals surface area contributed by atoms with Crippen molar-refractivity contribution in [1.82, 2.24) is 18.8 Å². The lowest BCUT2D eigenvalue weighted by molar-refractivity contribution is -0.135. The zero-order valence-electron chi connectivity index (χ0n) is 16.1. The van der Waals surface area contributed by atoms with E-state index in [0.717, 1.165) is 44.5 Å². The van der Waals surface area contributed by atoms with Crippen LogP contribution in [0.2, 0.25) is 0 Å². The summed E-state index contributed by atoms with van der Waals surface area (Å²) in [4.78, 5) is 7.09. The van der Waals surface area contributed by atoms with Gasteiger partial charge in [-0.15, -0.1) is 0 Å². The maximum Gasteiger partial charge on any atom is 0.217 e. The van der Waals surface area contributed by atoms with Gasteiger partial charge in [-0.05, 0) is 38.5 Å². The third kappa shape index (κ3) is 3.24. The van der Waals surface area contributed by atoms with E-state index >= 15 is 0 Å². The molecule has 2 bridgehead atoms. The molecular weight excluding hydrogens is 364 g/mol. The van der Waals surface area contributed by atoms with Crippen molar-refractivity contribution in [2.45, 2.75) is 67.9 Å². The molecule has 3 saturated heterocycles. The van der Waals surface area contributed by atoms with Crippen molar-refractivity contribution in [3.63, 3.8) is 0 Å². The Hall–Kier alpha value is -0.960. The number of rotatable bonds is 5. The van der Waals surface area contributed by atoms with E-state index in [0.29, 0.717) is 31.8 Å². The van der Waals surface area contributed by atoms with Crippen LogP contribution in [0.1, 0.15) is 44.3 Å². The Kier molecular flexibility index (Phi) is 4.38. The fourth-order valence-electron chi connectivity index (χ4n) is 5.48. The molecule has 5 rings (SSSR count). The molecule has 3 atom stereocenters. The lowest BCUT2D eigenvalue weighted by Gasteiger charge is -2.50. The molecule has 1 aromatic rings. The number of fused-ring (bicyclic) bond motifs is 2. The summed E-state index contributed by atoms with van der Waals surface area (Å²) >= 11 is 0. The van der Waals surface area contributed by atoms with Crippen LogP contribution in [0.5, 0.6) is 0 Å². The summed E-state index contributed by atoms with van der Waals surface area (Å²) in [6.45, 7) is 2.66. The highest BCUT2D eigenvalue weighted by atomic mass is 32.2. The first-order valence-corrected chi connectivity index (χ1v) is 11.8. The van der Waals surface area contributed by atoms with E-state index in [1.165, 1.54) is 12.8 Å². The number of hydrogen-bond acceptors (Lipinski definition) is 5. The number of piperidine rings is 1. The van der Waals surface area contributed by atoms with Gasteiger partial charge < -0.3 is 9.30 Å². The van der Waals surface area contributed by atoms with Crippen LogP contribution in [0.25, 0.3) is 0 Å². The third-order valence-electron chi connectivity index (χ3n) is 7.02. The summed E-state index contributed by atoms with van der Waals surface area (Å²) in [6.07, 6.45) is 10.8. The Bertz CT molecular complexity index is 790. The number of aryl methyl sites for hydroxylation is 1. The number of ether oxygens (including phenoxy) is 1. The zero-order valence-corrected chi connectivity index (χ0v) is 16.9. The van der Waals surface area contributed by atoms with Crippen LogP contribution >= 0.6 is 0 Å². The first-order chi connectivity index (χ1) is 13.0. The summed E-state index contributed by atoms with van der Waals surface area (Å²) in [5.74, 6) is 1.13.